The number of nitrogens with two attached hydrogens (primary N) is 1. The van der Waals surface area contributed by atoms with Crippen LogP contribution in [0, 0.1) is 0 Å². The second kappa shape index (κ2) is 7.39. The van der Waals surface area contributed by atoms with Gasteiger partial charge in [-0.2, -0.15) is 0 Å². The van der Waals surface area contributed by atoms with Gasteiger partial charge in [0.05, 0.1) is 13.2 Å². The van der Waals surface area contributed by atoms with Crippen molar-refractivity contribution >= 4 is 18.4 Å². The van der Waals surface area contributed by atoms with Gasteiger partial charge < -0.3 is 23.2 Å². The van der Waals surface area contributed by atoms with E-state index >= 15 is 0 Å². The van der Waals surface area contributed by atoms with Gasteiger partial charge in [-0.3, -0.25) is 4.79 Å². The molecule has 0 aromatic carbocycles. The number of hydrogen-bond donors (Lipinski definition) is 2. The van der Waals surface area contributed by atoms with E-state index in [1.54, 1.807) is 23.3 Å². The molecule has 7 heteroatoms. The highest BCUT2D eigenvalue weighted by atomic mass is 35.5. The Hall–Kier alpha value is -0.910. The molecule has 1 rings (SSSR count). The maximum absolute atomic E-state index is 10.4. The molecule has 0 radical (unpaired) electrons. The molecule has 0 aliphatic carbocycles. The molecule has 0 saturated heterocycles. The van der Waals surface area contributed by atoms with Crippen LogP contribution in [-0.4, -0.2) is 22.1 Å². The Bertz CT molecular complexity index is 323. The normalized spacial score (nSPS) is 10.8. The van der Waals surface area contributed by atoms with Crippen LogP contribution < -0.4 is 22.7 Å². The number of carboxylic acids is 1. The van der Waals surface area contributed by atoms with Crippen molar-refractivity contribution in [3.8, 4) is 0 Å². The van der Waals surface area contributed by atoms with Crippen molar-refractivity contribution in [2.75, 3.05) is 0 Å². The van der Waals surface area contributed by atoms with E-state index in [0.29, 0.717) is 6.42 Å². The monoisotopic (exact) mass is 253 g/mol. The topological polar surface area (TPSA) is 80.1 Å². The first-order chi connectivity index (χ1) is 6.09. The van der Waals surface area contributed by atoms with Crippen molar-refractivity contribution in [3.63, 3.8) is 0 Å². The largest absolute Gasteiger partial charge is 1.00 e. The lowest BCUT2D eigenvalue weighted by Gasteiger charge is -2.03. The Morgan fingerprint density at radius 2 is 2.33 bits per heavy atom. The highest BCUT2D eigenvalue weighted by Gasteiger charge is 2.13. The molecule has 0 spiro atoms. The van der Waals surface area contributed by atoms with E-state index in [2.05, 4.69) is 4.98 Å². The number of hydrogen-bond acceptors (Lipinski definition) is 3. The van der Waals surface area contributed by atoms with Crippen molar-refractivity contribution in [1.29, 1.82) is 0 Å². The fourth-order valence-corrected chi connectivity index (χ4v) is 1.01. The van der Waals surface area contributed by atoms with E-state index in [0.717, 1.165) is 5.56 Å². The molecule has 3 N–H and O–H groups in total. The third-order valence-electron chi connectivity index (χ3n) is 1.63. The molecule has 0 bridgehead atoms. The maximum Gasteiger partial charge on any atom is 0.320 e. The van der Waals surface area contributed by atoms with Gasteiger partial charge in [0.2, 0.25) is 0 Å². The summed E-state index contributed by atoms with van der Waals surface area (Å²) in [6.07, 6.45) is 5.35. The van der Waals surface area contributed by atoms with Gasteiger partial charge in [0.1, 0.15) is 12.2 Å². The molecule has 1 unspecified atom stereocenters. The fraction of sp³-hybridized carbons (Fsp3) is 0.375. The van der Waals surface area contributed by atoms with Crippen molar-refractivity contribution < 1.29 is 26.9 Å². The number of aryl methyl sites for hydroxylation is 1. The molecular weight excluding hydrogens is 241 g/mol. The van der Waals surface area contributed by atoms with Crippen LogP contribution in [0.3, 0.4) is 0 Å². The molecule has 0 aliphatic heterocycles. The van der Waals surface area contributed by atoms with Crippen LogP contribution in [0.4, 0.5) is 0 Å². The van der Waals surface area contributed by atoms with Crippen LogP contribution in [0.1, 0.15) is 5.56 Å². The lowest BCUT2D eigenvalue weighted by atomic mass is 10.1. The Balaban J connectivity index is 0. The molecule has 86 valence electrons. The molecule has 1 aromatic heterocycles. The zero-order chi connectivity index (χ0) is 9.84. The molecule has 0 aliphatic rings. The molecule has 0 fully saturated rings. The van der Waals surface area contributed by atoms with Gasteiger partial charge in [-0.15, -0.1) is 12.4 Å². The van der Waals surface area contributed by atoms with Crippen LogP contribution in [0.25, 0.3) is 0 Å². The number of rotatable bonds is 3. The highest BCUT2D eigenvalue weighted by molar-refractivity contribution is 5.85. The summed E-state index contributed by atoms with van der Waals surface area (Å²) in [5.41, 5.74) is 6.18. The van der Waals surface area contributed by atoms with Crippen LogP contribution >= 0.6 is 12.4 Å². The standard InChI is InChI=1S/C8H11N3O2.2ClH/c1-11-4-6(3-10-5-11)2-7(9)8(12)13;;/h3-5,7H,2,9H2,1H3;2*1H. The summed E-state index contributed by atoms with van der Waals surface area (Å²) in [6, 6.07) is -0.857. The van der Waals surface area contributed by atoms with Crippen molar-refractivity contribution in [2.24, 2.45) is 12.8 Å². The van der Waals surface area contributed by atoms with Crippen LogP contribution in [0.5, 0.6) is 0 Å². The zero-order valence-electron chi connectivity index (χ0n) is 8.13. The summed E-state index contributed by atoms with van der Waals surface area (Å²) < 4.78 is 1.75. The van der Waals surface area contributed by atoms with Crippen LogP contribution in [-0.2, 0) is 18.3 Å². The number of aromatic nitrogens is 2. The minimum absolute atomic E-state index is 0. The maximum atomic E-state index is 10.4. The summed E-state index contributed by atoms with van der Waals surface area (Å²) in [4.78, 5) is 14.3. The molecular formula is C8H13Cl2N3O2. The Kier molecular flexibility index (Phi) is 8.14. The van der Waals surface area contributed by atoms with Gasteiger partial charge in [0.25, 0.3) is 6.33 Å². The second-order valence-electron chi connectivity index (χ2n) is 2.91. The lowest BCUT2D eigenvalue weighted by molar-refractivity contribution is -0.675. The molecule has 1 atom stereocenters. The van der Waals surface area contributed by atoms with E-state index < -0.39 is 12.0 Å². The summed E-state index contributed by atoms with van der Waals surface area (Å²) in [7, 11) is 1.82. The van der Waals surface area contributed by atoms with Gasteiger partial charge in [-0.1, -0.05) is 4.98 Å². The first-order valence-corrected chi connectivity index (χ1v) is 3.87. The van der Waals surface area contributed by atoms with Gasteiger partial charge in [0.15, 0.2) is 0 Å². The Morgan fingerprint density at radius 3 is 2.80 bits per heavy atom. The average Bonchev–Trinajstić information content (AvgIpc) is 2.04. The summed E-state index contributed by atoms with van der Waals surface area (Å²) in [5.74, 6) is -0.994. The van der Waals surface area contributed by atoms with Crippen LogP contribution in [0.2, 0.25) is 0 Å². The first-order valence-electron chi connectivity index (χ1n) is 3.87. The number of nitrogens with zero attached hydrogens (tertiary/aromatic N) is 2. The molecule has 0 saturated carbocycles. The third kappa shape index (κ3) is 5.51. The zero-order valence-corrected chi connectivity index (χ0v) is 9.70. The van der Waals surface area contributed by atoms with E-state index in [-0.39, 0.29) is 24.8 Å². The second-order valence-corrected chi connectivity index (χ2v) is 2.91. The third-order valence-corrected chi connectivity index (χ3v) is 1.63. The number of carboxylic acid groups (broad SMARTS) is 1. The van der Waals surface area contributed by atoms with Gasteiger partial charge in [-0.05, 0) is 0 Å². The number of halogens is 2. The minimum Gasteiger partial charge on any atom is -1.00 e. The van der Waals surface area contributed by atoms with E-state index in [1.165, 1.54) is 0 Å². The fourth-order valence-electron chi connectivity index (χ4n) is 1.01. The predicted molar refractivity (Wildman–Crippen MR) is 52.0 cm³/mol. The molecule has 1 aromatic rings. The van der Waals surface area contributed by atoms with Crippen molar-refractivity contribution in [3.05, 3.63) is 24.3 Å². The summed E-state index contributed by atoms with van der Waals surface area (Å²) in [5, 5.41) is 8.56. The van der Waals surface area contributed by atoms with Crippen molar-refractivity contribution in [1.82, 2.24) is 4.98 Å². The van der Waals surface area contributed by atoms with E-state index in [9.17, 15) is 4.79 Å². The smallest absolute Gasteiger partial charge is 0.320 e. The first kappa shape index (κ1) is 16.5. The van der Waals surface area contributed by atoms with Gasteiger partial charge >= 0.3 is 5.97 Å². The molecule has 1 heterocycles. The molecule has 15 heavy (non-hydrogen) atoms. The minimum atomic E-state index is -0.994. The summed E-state index contributed by atoms with van der Waals surface area (Å²) in [6.45, 7) is 0. The van der Waals surface area contributed by atoms with E-state index in [4.69, 9.17) is 10.8 Å². The number of carbonyl (C=O) groups is 1. The predicted octanol–water partition coefficient (Wildman–Crippen LogP) is -3.71. The van der Waals surface area contributed by atoms with Gasteiger partial charge in [-0.25, -0.2) is 4.57 Å². The summed E-state index contributed by atoms with van der Waals surface area (Å²) >= 11 is 0. The molecule has 5 nitrogen and oxygen atoms in total. The van der Waals surface area contributed by atoms with Crippen molar-refractivity contribution in [2.45, 2.75) is 12.5 Å². The highest BCUT2D eigenvalue weighted by Crippen LogP contribution is 1.96. The average molecular weight is 254 g/mol. The van der Waals surface area contributed by atoms with E-state index in [1.807, 2.05) is 7.05 Å². The lowest BCUT2D eigenvalue weighted by Crippen LogP contribution is -3.00. The molecule has 0 amide bonds. The quantitative estimate of drug-likeness (QED) is 0.544. The Morgan fingerprint density at radius 1 is 1.73 bits per heavy atom. The SMILES string of the molecule is C[n+]1cncc(CC(N)C(=O)O)c1.Cl.[Cl-]. The van der Waals surface area contributed by atoms with Crippen LogP contribution in [0.15, 0.2) is 18.7 Å². The Labute approximate surface area is 100 Å². The van der Waals surface area contributed by atoms with Gasteiger partial charge in [0, 0.05) is 12.0 Å². The number of aliphatic carboxylic acids is 1.